The van der Waals surface area contributed by atoms with Gasteiger partial charge in [-0.25, -0.2) is 19.7 Å². The van der Waals surface area contributed by atoms with Crippen molar-refractivity contribution in [2.24, 2.45) is 11.8 Å². The zero-order valence-electron chi connectivity index (χ0n) is 35.5. The Balaban J connectivity index is 1.04. The summed E-state index contributed by atoms with van der Waals surface area (Å²) in [6.45, 7) is 10.9. The number of ether oxygens (including phenoxy) is 1. The van der Waals surface area contributed by atoms with E-state index in [0.717, 1.165) is 6.07 Å². The highest BCUT2D eigenvalue weighted by atomic mass is 35.5. The maximum atomic E-state index is 14.6. The van der Waals surface area contributed by atoms with Crippen LogP contribution in [0.15, 0.2) is 73.4 Å². The van der Waals surface area contributed by atoms with Crippen LogP contribution in [0.1, 0.15) is 79.3 Å². The molecule has 7 rings (SSSR count). The first-order chi connectivity index (χ1) is 29.9. The molecule has 332 valence electrons. The van der Waals surface area contributed by atoms with E-state index in [1.807, 2.05) is 39.5 Å². The lowest BCUT2D eigenvalue weighted by atomic mass is 9.97. The fraction of sp³-hybridized carbons (Fsp3) is 0.386. The average Bonchev–Trinajstić information content (AvgIpc) is 4.05. The number of methoxy groups -OCH3 is 1. The number of piperazine rings is 1. The zero-order valence-corrected chi connectivity index (χ0v) is 36.2. The Labute approximate surface area is 366 Å². The molecule has 0 saturated carbocycles. The smallest absolute Gasteiger partial charge is 0.417 e. The Morgan fingerprint density at radius 3 is 2.29 bits per heavy atom. The van der Waals surface area contributed by atoms with Gasteiger partial charge in [-0.15, -0.1) is 0 Å². The Kier molecular flexibility index (Phi) is 12.8. The van der Waals surface area contributed by atoms with Crippen LogP contribution in [-0.4, -0.2) is 103 Å². The van der Waals surface area contributed by atoms with Crippen LogP contribution in [0, 0.1) is 11.8 Å². The second-order valence-electron chi connectivity index (χ2n) is 16.5. The fourth-order valence-electron chi connectivity index (χ4n) is 8.18. The van der Waals surface area contributed by atoms with E-state index < -0.39 is 29.8 Å². The first-order valence-corrected chi connectivity index (χ1v) is 20.9. The third-order valence-electron chi connectivity index (χ3n) is 11.5. The molecule has 3 aromatic heterocycles. The Hall–Kier alpha value is -6.43. The van der Waals surface area contributed by atoms with Crippen LogP contribution in [0.4, 0.5) is 29.5 Å². The number of H-pyrrole nitrogens is 2. The zero-order chi connectivity index (χ0) is 45.3. The SMILES string of the molecule is COC(=O)N[C@H](C(=O)N1C[C@@H](C)C[C@H]1c1nc(-c2ccc(-c3cc(Cl)c(NC(=O)c4ccc(N5C[C@H](C)N(C(=O)c6c[nH]cn6)C[C@H]5C)nc4)cc3C(F)(F)F)cc2)c[nH]1)C(C)C. The van der Waals surface area contributed by atoms with E-state index in [1.54, 1.807) is 40.4 Å². The van der Waals surface area contributed by atoms with Crippen molar-refractivity contribution in [3.8, 4) is 22.4 Å². The van der Waals surface area contributed by atoms with E-state index in [2.05, 4.69) is 30.6 Å². The van der Waals surface area contributed by atoms with Crippen LogP contribution in [-0.2, 0) is 15.7 Å². The quantitative estimate of drug-likeness (QED) is 0.109. The van der Waals surface area contributed by atoms with Gasteiger partial charge < -0.3 is 40.0 Å². The number of carbonyl (C=O) groups is 4. The summed E-state index contributed by atoms with van der Waals surface area (Å²) in [5.74, 6) is -0.0563. The van der Waals surface area contributed by atoms with E-state index in [9.17, 15) is 32.3 Å². The van der Waals surface area contributed by atoms with E-state index in [0.29, 0.717) is 54.6 Å². The number of imidazole rings is 2. The van der Waals surface area contributed by atoms with Crippen molar-refractivity contribution in [3.63, 3.8) is 0 Å². The molecular formula is C44H48ClF3N10O5. The summed E-state index contributed by atoms with van der Waals surface area (Å²) < 4.78 is 48.7. The molecule has 4 N–H and O–H groups in total. The number of amides is 4. The summed E-state index contributed by atoms with van der Waals surface area (Å²) in [4.78, 5) is 76.8. The Bertz CT molecular complexity index is 2460. The highest BCUT2D eigenvalue weighted by Crippen LogP contribution is 2.42. The van der Waals surface area contributed by atoms with Gasteiger partial charge in [-0.2, -0.15) is 13.2 Å². The Morgan fingerprint density at radius 2 is 1.65 bits per heavy atom. The minimum Gasteiger partial charge on any atom is -0.453 e. The number of pyridine rings is 1. The van der Waals surface area contributed by atoms with Gasteiger partial charge >= 0.3 is 12.3 Å². The van der Waals surface area contributed by atoms with Gasteiger partial charge in [0.2, 0.25) is 5.91 Å². The van der Waals surface area contributed by atoms with Crippen molar-refractivity contribution in [1.82, 2.24) is 40.0 Å². The number of carbonyl (C=O) groups excluding carboxylic acids is 4. The minimum atomic E-state index is -4.80. The summed E-state index contributed by atoms with van der Waals surface area (Å²) in [6, 6.07) is 10.1. The predicted octanol–water partition coefficient (Wildman–Crippen LogP) is 7.82. The van der Waals surface area contributed by atoms with E-state index in [1.165, 1.54) is 43.9 Å². The lowest BCUT2D eigenvalue weighted by molar-refractivity contribution is -0.137. The van der Waals surface area contributed by atoms with Gasteiger partial charge in [0.25, 0.3) is 11.8 Å². The van der Waals surface area contributed by atoms with Crippen molar-refractivity contribution < 1.29 is 37.1 Å². The van der Waals surface area contributed by atoms with Crippen molar-refractivity contribution in [2.45, 2.75) is 71.4 Å². The summed E-state index contributed by atoms with van der Waals surface area (Å²) >= 11 is 6.55. The van der Waals surface area contributed by atoms with E-state index >= 15 is 0 Å². The molecule has 5 atom stereocenters. The average molecular weight is 889 g/mol. The molecule has 5 heterocycles. The van der Waals surface area contributed by atoms with Crippen LogP contribution in [0.25, 0.3) is 22.4 Å². The molecule has 63 heavy (non-hydrogen) atoms. The topological polar surface area (TPSA) is 182 Å². The van der Waals surface area contributed by atoms with Crippen molar-refractivity contribution in [3.05, 3.63) is 101 Å². The van der Waals surface area contributed by atoms with Crippen LogP contribution in [0.2, 0.25) is 5.02 Å². The summed E-state index contributed by atoms with van der Waals surface area (Å²) in [6.07, 6.45) is 1.16. The largest absolute Gasteiger partial charge is 0.453 e. The highest BCUT2D eigenvalue weighted by molar-refractivity contribution is 6.34. The van der Waals surface area contributed by atoms with Crippen molar-refractivity contribution >= 4 is 46.9 Å². The molecule has 4 amide bonds. The van der Waals surface area contributed by atoms with Gasteiger partial charge in [-0.3, -0.25) is 14.4 Å². The van der Waals surface area contributed by atoms with Gasteiger partial charge in [0.05, 0.1) is 47.0 Å². The molecule has 0 spiro atoms. The monoisotopic (exact) mass is 888 g/mol. The first kappa shape index (κ1) is 44.6. The molecule has 0 unspecified atom stereocenters. The number of aromatic amines is 2. The lowest BCUT2D eigenvalue weighted by Gasteiger charge is -2.44. The number of alkyl carbamates (subject to hydrolysis) is 1. The van der Waals surface area contributed by atoms with E-state index in [-0.39, 0.29) is 69.2 Å². The van der Waals surface area contributed by atoms with Crippen LogP contribution in [0.5, 0.6) is 0 Å². The summed E-state index contributed by atoms with van der Waals surface area (Å²) in [5.41, 5.74) is 0.399. The second kappa shape index (κ2) is 18.1. The van der Waals surface area contributed by atoms with Crippen LogP contribution >= 0.6 is 11.6 Å². The number of aromatic nitrogens is 5. The standard InChI is InChI=1S/C44H48ClF3N10O5/c1-23(2)38(55-43(62)63-6)42(61)58-19-24(3)13-36(58)39-51-18-34(53-39)28-9-7-27(8-10-28)30-14-32(45)33(15-31(30)44(46,47)48)54-40(59)29-11-12-37(50-16-29)56-20-26(5)57(21-25(56)4)41(60)35-17-49-22-52-35/h7-12,14-18,22-26,36,38H,13,19-21H2,1-6H3,(H,49,52)(H,51,53)(H,54,59)(H,55,62)/t24-,25+,26-,36-,38-/m0/s1. The number of rotatable bonds is 10. The van der Waals surface area contributed by atoms with Crippen LogP contribution in [0.3, 0.4) is 0 Å². The molecule has 2 fully saturated rings. The molecule has 19 heteroatoms. The number of nitrogens with one attached hydrogen (secondary N) is 4. The number of likely N-dealkylation sites (tertiary alicyclic amines) is 1. The molecular weight excluding hydrogens is 841 g/mol. The number of halogens is 4. The van der Waals surface area contributed by atoms with Crippen molar-refractivity contribution in [2.75, 3.05) is 37.0 Å². The molecule has 15 nitrogen and oxygen atoms in total. The second-order valence-corrected chi connectivity index (χ2v) is 16.9. The summed E-state index contributed by atoms with van der Waals surface area (Å²) in [5, 5.41) is 5.05. The number of nitrogens with zero attached hydrogens (tertiary/aromatic N) is 6. The molecule has 0 aliphatic carbocycles. The molecule has 5 aromatic rings. The van der Waals surface area contributed by atoms with Gasteiger partial charge in [0, 0.05) is 55.9 Å². The molecule has 2 aromatic carbocycles. The van der Waals surface area contributed by atoms with E-state index in [4.69, 9.17) is 21.3 Å². The third-order valence-corrected chi connectivity index (χ3v) is 11.8. The normalized spacial score (nSPS) is 19.6. The molecule has 0 bridgehead atoms. The van der Waals surface area contributed by atoms with Gasteiger partial charge in [-0.1, -0.05) is 56.6 Å². The minimum absolute atomic E-state index is 0.103. The Morgan fingerprint density at radius 1 is 0.921 bits per heavy atom. The van der Waals surface area contributed by atoms with Crippen molar-refractivity contribution in [1.29, 1.82) is 0 Å². The van der Waals surface area contributed by atoms with Gasteiger partial charge in [0.15, 0.2) is 0 Å². The number of anilines is 2. The number of hydrogen-bond acceptors (Lipinski definition) is 9. The molecule has 2 saturated heterocycles. The first-order valence-electron chi connectivity index (χ1n) is 20.5. The molecule has 2 aliphatic rings. The van der Waals surface area contributed by atoms with Gasteiger partial charge in [-0.05, 0) is 67.5 Å². The van der Waals surface area contributed by atoms with Gasteiger partial charge in [0.1, 0.15) is 23.4 Å². The predicted molar refractivity (Wildman–Crippen MR) is 230 cm³/mol. The number of benzene rings is 2. The fourth-order valence-corrected chi connectivity index (χ4v) is 8.39. The highest BCUT2D eigenvalue weighted by Gasteiger charge is 2.41. The number of alkyl halides is 3. The molecule has 2 aliphatic heterocycles. The molecule has 0 radical (unpaired) electrons. The summed E-state index contributed by atoms with van der Waals surface area (Å²) in [7, 11) is 1.24. The van der Waals surface area contributed by atoms with Crippen LogP contribution < -0.4 is 15.5 Å². The lowest BCUT2D eigenvalue weighted by Crippen LogP contribution is -2.58. The third kappa shape index (κ3) is 9.50. The number of hydrogen-bond donors (Lipinski definition) is 4. The maximum Gasteiger partial charge on any atom is 0.417 e. The maximum absolute atomic E-state index is 14.6.